The van der Waals surface area contributed by atoms with Gasteiger partial charge in [0.2, 0.25) is 0 Å². The molecule has 1 saturated carbocycles. The molecular weight excluding hydrogens is 224 g/mol. The maximum absolute atomic E-state index is 9.10. The molecule has 1 aliphatic rings. The van der Waals surface area contributed by atoms with Crippen LogP contribution in [0.25, 0.3) is 11.0 Å². The van der Waals surface area contributed by atoms with Gasteiger partial charge in [0.25, 0.3) is 0 Å². The van der Waals surface area contributed by atoms with E-state index in [4.69, 9.17) is 16.7 Å². The summed E-state index contributed by atoms with van der Waals surface area (Å²) in [6.07, 6.45) is 2.42. The van der Waals surface area contributed by atoms with Gasteiger partial charge in [-0.15, -0.1) is 0 Å². The van der Waals surface area contributed by atoms with E-state index in [1.54, 1.807) is 0 Å². The number of rotatable bonds is 3. The van der Waals surface area contributed by atoms with Crippen LogP contribution in [0.1, 0.15) is 24.6 Å². The van der Waals surface area contributed by atoms with Gasteiger partial charge >= 0.3 is 0 Å². The first kappa shape index (κ1) is 10.1. The van der Waals surface area contributed by atoms with E-state index in [0.29, 0.717) is 17.5 Å². The van der Waals surface area contributed by atoms with Crippen molar-refractivity contribution in [3.05, 3.63) is 29.0 Å². The molecule has 16 heavy (non-hydrogen) atoms. The molecule has 1 aromatic carbocycles. The number of imidazole rings is 1. The van der Waals surface area contributed by atoms with Crippen molar-refractivity contribution in [3.63, 3.8) is 0 Å². The minimum atomic E-state index is 0.147. The van der Waals surface area contributed by atoms with Crippen molar-refractivity contribution in [2.45, 2.75) is 25.3 Å². The van der Waals surface area contributed by atoms with Gasteiger partial charge in [-0.3, -0.25) is 0 Å². The topological polar surface area (TPSA) is 38.0 Å². The van der Waals surface area contributed by atoms with E-state index in [1.807, 2.05) is 18.2 Å². The van der Waals surface area contributed by atoms with Crippen LogP contribution in [0.5, 0.6) is 0 Å². The van der Waals surface area contributed by atoms with Crippen LogP contribution < -0.4 is 0 Å². The van der Waals surface area contributed by atoms with Gasteiger partial charge in [0.1, 0.15) is 5.82 Å². The first-order valence-corrected chi connectivity index (χ1v) is 5.94. The molecule has 0 aliphatic heterocycles. The lowest BCUT2D eigenvalue weighted by molar-refractivity contribution is 0.276. The summed E-state index contributed by atoms with van der Waals surface area (Å²) >= 11 is 5.95. The highest BCUT2D eigenvalue weighted by Gasteiger charge is 2.29. The number of fused-ring (bicyclic) bond motifs is 1. The Kier molecular flexibility index (Phi) is 2.37. The van der Waals surface area contributed by atoms with Crippen LogP contribution in [-0.2, 0) is 6.54 Å². The van der Waals surface area contributed by atoms with E-state index < -0.39 is 0 Å². The molecule has 0 bridgehead atoms. The summed E-state index contributed by atoms with van der Waals surface area (Å²) in [5.41, 5.74) is 2.00. The second-order valence-electron chi connectivity index (χ2n) is 4.25. The van der Waals surface area contributed by atoms with E-state index in [0.717, 1.165) is 16.9 Å². The predicted molar refractivity (Wildman–Crippen MR) is 63.8 cm³/mol. The molecule has 84 valence electrons. The fraction of sp³-hybridized carbons (Fsp3) is 0.417. The summed E-state index contributed by atoms with van der Waals surface area (Å²) in [6, 6.07) is 5.74. The molecule has 0 amide bonds. The normalized spacial score (nSPS) is 15.9. The Bertz CT molecular complexity index is 531. The number of benzene rings is 1. The zero-order chi connectivity index (χ0) is 11.1. The Morgan fingerprint density at radius 1 is 1.44 bits per heavy atom. The van der Waals surface area contributed by atoms with E-state index in [9.17, 15) is 0 Å². The Balaban J connectivity index is 2.19. The number of aliphatic hydroxyl groups excluding tert-OH is 1. The lowest BCUT2D eigenvalue weighted by Crippen LogP contribution is -2.05. The SMILES string of the molecule is OCCn1c(C2CC2)nc2cc(Cl)ccc21. The smallest absolute Gasteiger partial charge is 0.113 e. The van der Waals surface area contributed by atoms with Gasteiger partial charge in [-0.2, -0.15) is 0 Å². The molecule has 1 heterocycles. The summed E-state index contributed by atoms with van der Waals surface area (Å²) in [7, 11) is 0. The molecular formula is C12H13ClN2O. The molecule has 2 aromatic rings. The van der Waals surface area contributed by atoms with Gasteiger partial charge in [-0.1, -0.05) is 11.6 Å². The molecule has 3 rings (SSSR count). The Morgan fingerprint density at radius 3 is 2.94 bits per heavy atom. The molecule has 0 spiro atoms. The van der Waals surface area contributed by atoms with Gasteiger partial charge < -0.3 is 9.67 Å². The van der Waals surface area contributed by atoms with Crippen molar-refractivity contribution in [2.75, 3.05) is 6.61 Å². The average molecular weight is 237 g/mol. The zero-order valence-corrected chi connectivity index (χ0v) is 9.61. The number of aromatic nitrogens is 2. The van der Waals surface area contributed by atoms with Crippen LogP contribution in [0, 0.1) is 0 Å². The molecule has 4 heteroatoms. The minimum absolute atomic E-state index is 0.147. The monoisotopic (exact) mass is 236 g/mol. The summed E-state index contributed by atoms with van der Waals surface area (Å²) in [5, 5.41) is 9.82. The van der Waals surface area contributed by atoms with Crippen LogP contribution in [-0.4, -0.2) is 21.3 Å². The molecule has 1 N–H and O–H groups in total. The fourth-order valence-electron chi connectivity index (χ4n) is 2.11. The molecule has 0 unspecified atom stereocenters. The van der Waals surface area contributed by atoms with Crippen molar-refractivity contribution in [1.29, 1.82) is 0 Å². The van der Waals surface area contributed by atoms with Gasteiger partial charge in [0.15, 0.2) is 0 Å². The highest BCUT2D eigenvalue weighted by atomic mass is 35.5. The van der Waals surface area contributed by atoms with E-state index in [2.05, 4.69) is 9.55 Å². The van der Waals surface area contributed by atoms with Crippen LogP contribution in [0.3, 0.4) is 0 Å². The molecule has 1 aromatic heterocycles. The van der Waals surface area contributed by atoms with Crippen molar-refractivity contribution >= 4 is 22.6 Å². The standard InChI is InChI=1S/C12H13ClN2O/c13-9-3-4-11-10(7-9)14-12(8-1-2-8)15(11)5-6-16/h3-4,7-8,16H,1-2,5-6H2. The summed E-state index contributed by atoms with van der Waals surface area (Å²) in [6.45, 7) is 0.762. The molecule has 3 nitrogen and oxygen atoms in total. The Hall–Kier alpha value is -1.06. The van der Waals surface area contributed by atoms with Gasteiger partial charge in [-0.25, -0.2) is 4.98 Å². The van der Waals surface area contributed by atoms with E-state index in [-0.39, 0.29) is 6.61 Å². The number of hydrogen-bond donors (Lipinski definition) is 1. The maximum atomic E-state index is 9.10. The second kappa shape index (κ2) is 3.75. The van der Waals surface area contributed by atoms with E-state index in [1.165, 1.54) is 12.8 Å². The van der Waals surface area contributed by atoms with Gasteiger partial charge in [0, 0.05) is 17.5 Å². The molecule has 0 saturated heterocycles. The Labute approximate surface area is 98.7 Å². The number of halogens is 1. The highest BCUT2D eigenvalue weighted by Crippen LogP contribution is 2.40. The third-order valence-electron chi connectivity index (χ3n) is 3.01. The van der Waals surface area contributed by atoms with Crippen molar-refractivity contribution in [2.24, 2.45) is 0 Å². The molecule has 1 aliphatic carbocycles. The summed E-state index contributed by atoms with van der Waals surface area (Å²) in [4.78, 5) is 4.62. The largest absolute Gasteiger partial charge is 0.395 e. The molecule has 1 fully saturated rings. The number of nitrogens with zero attached hydrogens (tertiary/aromatic N) is 2. The molecule has 0 atom stereocenters. The lowest BCUT2D eigenvalue weighted by atomic mass is 10.3. The summed E-state index contributed by atoms with van der Waals surface area (Å²) < 4.78 is 2.11. The van der Waals surface area contributed by atoms with Crippen molar-refractivity contribution in [1.82, 2.24) is 9.55 Å². The average Bonchev–Trinajstić information content (AvgIpc) is 3.04. The molecule has 0 radical (unpaired) electrons. The second-order valence-corrected chi connectivity index (χ2v) is 4.69. The fourth-order valence-corrected chi connectivity index (χ4v) is 2.28. The van der Waals surface area contributed by atoms with Crippen LogP contribution in [0.2, 0.25) is 5.02 Å². The highest BCUT2D eigenvalue weighted by molar-refractivity contribution is 6.31. The first-order valence-electron chi connectivity index (χ1n) is 5.56. The van der Waals surface area contributed by atoms with E-state index >= 15 is 0 Å². The minimum Gasteiger partial charge on any atom is -0.395 e. The third kappa shape index (κ3) is 1.60. The van der Waals surface area contributed by atoms with Crippen LogP contribution >= 0.6 is 11.6 Å². The predicted octanol–water partition coefficient (Wildman–Crippen LogP) is 2.56. The van der Waals surface area contributed by atoms with Crippen LogP contribution in [0.15, 0.2) is 18.2 Å². The van der Waals surface area contributed by atoms with Crippen molar-refractivity contribution in [3.8, 4) is 0 Å². The first-order chi connectivity index (χ1) is 7.79. The number of aliphatic hydroxyl groups is 1. The third-order valence-corrected chi connectivity index (χ3v) is 3.24. The van der Waals surface area contributed by atoms with Crippen molar-refractivity contribution < 1.29 is 5.11 Å². The van der Waals surface area contributed by atoms with Gasteiger partial charge in [-0.05, 0) is 31.0 Å². The Morgan fingerprint density at radius 2 is 2.25 bits per heavy atom. The maximum Gasteiger partial charge on any atom is 0.113 e. The van der Waals surface area contributed by atoms with Gasteiger partial charge in [0.05, 0.1) is 17.6 Å². The summed E-state index contributed by atoms with van der Waals surface area (Å²) in [5.74, 6) is 1.68. The van der Waals surface area contributed by atoms with Crippen LogP contribution in [0.4, 0.5) is 0 Å². The number of hydrogen-bond acceptors (Lipinski definition) is 2. The lowest BCUT2D eigenvalue weighted by Gasteiger charge is -2.05. The quantitative estimate of drug-likeness (QED) is 0.890. The zero-order valence-electron chi connectivity index (χ0n) is 8.86.